The largest absolute Gasteiger partial charge is 0.446 e. The molecule has 0 saturated carbocycles. The van der Waals surface area contributed by atoms with Crippen LogP contribution >= 0.6 is 11.8 Å². The number of ether oxygens (including phenoxy) is 1. The quantitative estimate of drug-likeness (QED) is 0.542. The van der Waals surface area contributed by atoms with Crippen LogP contribution in [0.5, 0.6) is 0 Å². The van der Waals surface area contributed by atoms with E-state index in [0.29, 0.717) is 23.4 Å². The summed E-state index contributed by atoms with van der Waals surface area (Å²) in [5, 5.41) is 4.94. The lowest BCUT2D eigenvalue weighted by molar-refractivity contribution is -0.156. The topological polar surface area (TPSA) is 111 Å². The van der Waals surface area contributed by atoms with Crippen LogP contribution in [0.3, 0.4) is 0 Å². The molecule has 0 radical (unpaired) electrons. The van der Waals surface area contributed by atoms with E-state index in [-0.39, 0.29) is 0 Å². The number of hydrogen-bond acceptors (Lipinski definition) is 5. The number of thioether (sulfide) groups is 1. The zero-order valence-corrected chi connectivity index (χ0v) is 16.6. The van der Waals surface area contributed by atoms with Gasteiger partial charge in [0.05, 0.1) is 0 Å². The van der Waals surface area contributed by atoms with Gasteiger partial charge in [0.1, 0.15) is 11.9 Å². The number of benzene rings is 2. The van der Waals surface area contributed by atoms with Crippen LogP contribution in [-0.2, 0) is 14.3 Å². The molecule has 0 fully saturated rings. The highest BCUT2D eigenvalue weighted by Crippen LogP contribution is 2.21. The third-order valence-corrected chi connectivity index (χ3v) is 4.54. The second-order valence-electron chi connectivity index (χ2n) is 6.07. The Labute approximate surface area is 172 Å². The molecule has 7 nitrogen and oxygen atoms in total. The van der Waals surface area contributed by atoms with Gasteiger partial charge in [-0.2, -0.15) is 11.8 Å². The van der Waals surface area contributed by atoms with E-state index >= 15 is 0 Å². The lowest BCUT2D eigenvalue weighted by Crippen LogP contribution is -2.45. The number of urea groups is 1. The van der Waals surface area contributed by atoms with Gasteiger partial charge < -0.3 is 21.1 Å². The van der Waals surface area contributed by atoms with E-state index in [4.69, 9.17) is 10.5 Å². The number of anilines is 1. The van der Waals surface area contributed by atoms with Crippen LogP contribution in [0.2, 0.25) is 0 Å². The van der Waals surface area contributed by atoms with Gasteiger partial charge in [-0.05, 0) is 42.7 Å². The maximum atomic E-state index is 13.1. The van der Waals surface area contributed by atoms with Gasteiger partial charge in [-0.3, -0.25) is 4.79 Å². The molecule has 0 spiro atoms. The molecule has 0 aliphatic carbocycles. The minimum atomic E-state index is -1.26. The van der Waals surface area contributed by atoms with Crippen molar-refractivity contribution in [1.82, 2.24) is 5.32 Å². The Morgan fingerprint density at radius 1 is 1.10 bits per heavy atom. The Bertz CT molecular complexity index is 833. The van der Waals surface area contributed by atoms with Crippen LogP contribution in [0.1, 0.15) is 18.1 Å². The molecule has 0 aliphatic heterocycles. The molecule has 154 valence electrons. The van der Waals surface area contributed by atoms with E-state index in [2.05, 4.69) is 10.6 Å². The molecule has 0 saturated heterocycles. The lowest BCUT2D eigenvalue weighted by atomic mass is 10.1. The maximum Gasteiger partial charge on any atom is 0.329 e. The van der Waals surface area contributed by atoms with Gasteiger partial charge in [0.15, 0.2) is 0 Å². The normalized spacial score (nSPS) is 12.5. The predicted molar refractivity (Wildman–Crippen MR) is 110 cm³/mol. The molecule has 3 amide bonds. The van der Waals surface area contributed by atoms with Crippen LogP contribution in [0.25, 0.3) is 0 Å². The molecular formula is C20H22FN3O4S. The molecule has 2 aromatic rings. The maximum absolute atomic E-state index is 13.1. The summed E-state index contributed by atoms with van der Waals surface area (Å²) in [4.78, 5) is 36.7. The summed E-state index contributed by atoms with van der Waals surface area (Å²) in [7, 11) is 0. The standard InChI is InChI=1S/C20H22FN3O4S/c1-29-12-11-16(24-20(22)27)19(26)28-17(13-5-3-2-4-6-13)18(25)23-15-9-7-14(21)8-10-15/h2-10,16-17H,11-12H2,1H3,(H,23,25)(H3,22,24,27)/t16-,17+/m1/s1. The van der Waals surface area contributed by atoms with Gasteiger partial charge in [0.25, 0.3) is 5.91 Å². The van der Waals surface area contributed by atoms with Gasteiger partial charge in [0.2, 0.25) is 6.10 Å². The zero-order chi connectivity index (χ0) is 21.2. The van der Waals surface area contributed by atoms with Crippen molar-refractivity contribution in [3.8, 4) is 0 Å². The van der Waals surface area contributed by atoms with E-state index in [1.54, 1.807) is 30.3 Å². The number of esters is 1. The van der Waals surface area contributed by atoms with Crippen molar-refractivity contribution in [1.29, 1.82) is 0 Å². The average Bonchev–Trinajstić information content (AvgIpc) is 2.71. The Hall–Kier alpha value is -3.07. The fourth-order valence-corrected chi connectivity index (χ4v) is 2.97. The number of amides is 3. The molecule has 0 unspecified atom stereocenters. The van der Waals surface area contributed by atoms with Crippen LogP contribution < -0.4 is 16.4 Å². The summed E-state index contributed by atoms with van der Waals surface area (Å²) in [6, 6.07) is 11.8. The fraction of sp³-hybridized carbons (Fsp3) is 0.250. The van der Waals surface area contributed by atoms with Gasteiger partial charge in [-0.25, -0.2) is 14.0 Å². The molecule has 2 rings (SSSR count). The number of rotatable bonds is 9. The second kappa shape index (κ2) is 11.1. The van der Waals surface area contributed by atoms with Crippen LogP contribution in [0, 0.1) is 5.82 Å². The van der Waals surface area contributed by atoms with Crippen molar-refractivity contribution >= 4 is 35.4 Å². The van der Waals surface area contributed by atoms with E-state index in [1.807, 2.05) is 6.26 Å². The van der Waals surface area contributed by atoms with Gasteiger partial charge in [-0.1, -0.05) is 30.3 Å². The first-order valence-corrected chi connectivity index (χ1v) is 10.2. The van der Waals surface area contributed by atoms with E-state index in [1.165, 1.54) is 36.0 Å². The number of carbonyl (C=O) groups is 3. The summed E-state index contributed by atoms with van der Waals surface area (Å²) in [5.41, 5.74) is 5.94. The number of hydrogen-bond donors (Lipinski definition) is 3. The first-order chi connectivity index (χ1) is 13.9. The van der Waals surface area contributed by atoms with Crippen molar-refractivity contribution in [2.45, 2.75) is 18.6 Å². The van der Waals surface area contributed by atoms with Gasteiger partial charge >= 0.3 is 12.0 Å². The summed E-state index contributed by atoms with van der Waals surface area (Å²) >= 11 is 1.49. The molecule has 2 atom stereocenters. The lowest BCUT2D eigenvalue weighted by Gasteiger charge is -2.22. The minimum Gasteiger partial charge on any atom is -0.446 e. The number of carbonyl (C=O) groups excluding carboxylic acids is 3. The van der Waals surface area contributed by atoms with Crippen molar-refractivity contribution < 1.29 is 23.5 Å². The SMILES string of the molecule is CSCC[C@@H](NC(N)=O)C(=O)O[C@H](C(=O)Nc1ccc(F)cc1)c1ccccc1. The summed E-state index contributed by atoms with van der Waals surface area (Å²) in [6.45, 7) is 0. The molecule has 0 heterocycles. The Morgan fingerprint density at radius 2 is 1.76 bits per heavy atom. The Kier molecular flexibility index (Phi) is 8.47. The highest BCUT2D eigenvalue weighted by Gasteiger charge is 2.29. The number of primary amides is 1. The third-order valence-electron chi connectivity index (χ3n) is 3.90. The molecule has 0 aliphatic rings. The fourth-order valence-electron chi connectivity index (χ4n) is 2.50. The first kappa shape index (κ1) is 22.2. The highest BCUT2D eigenvalue weighted by molar-refractivity contribution is 7.98. The summed E-state index contributed by atoms with van der Waals surface area (Å²) in [6.07, 6.45) is 0.889. The van der Waals surface area contributed by atoms with E-state index in [9.17, 15) is 18.8 Å². The van der Waals surface area contributed by atoms with Crippen LogP contribution in [0.4, 0.5) is 14.9 Å². The van der Waals surface area contributed by atoms with Gasteiger partial charge in [-0.15, -0.1) is 0 Å². The molecular weight excluding hydrogens is 397 g/mol. The Morgan fingerprint density at radius 3 is 2.34 bits per heavy atom. The molecule has 0 aromatic heterocycles. The monoisotopic (exact) mass is 419 g/mol. The molecule has 4 N–H and O–H groups in total. The highest BCUT2D eigenvalue weighted by atomic mass is 32.2. The van der Waals surface area contributed by atoms with Gasteiger partial charge in [0, 0.05) is 11.3 Å². The zero-order valence-electron chi connectivity index (χ0n) is 15.8. The Balaban J connectivity index is 2.20. The molecule has 9 heteroatoms. The minimum absolute atomic E-state index is 0.296. The molecule has 2 aromatic carbocycles. The van der Waals surface area contributed by atoms with Crippen molar-refractivity contribution in [2.75, 3.05) is 17.3 Å². The molecule has 29 heavy (non-hydrogen) atoms. The van der Waals surface area contributed by atoms with E-state index < -0.39 is 35.9 Å². The van der Waals surface area contributed by atoms with Crippen molar-refractivity contribution in [2.24, 2.45) is 5.73 Å². The predicted octanol–water partition coefficient (Wildman–Crippen LogP) is 2.84. The molecule has 0 bridgehead atoms. The smallest absolute Gasteiger partial charge is 0.329 e. The first-order valence-electron chi connectivity index (χ1n) is 8.77. The van der Waals surface area contributed by atoms with E-state index in [0.717, 1.165) is 0 Å². The van der Waals surface area contributed by atoms with Crippen LogP contribution in [0.15, 0.2) is 54.6 Å². The third kappa shape index (κ3) is 7.11. The van der Waals surface area contributed by atoms with Crippen molar-refractivity contribution in [3.05, 3.63) is 66.0 Å². The number of nitrogens with two attached hydrogens (primary N) is 1. The number of halogens is 1. The summed E-state index contributed by atoms with van der Waals surface area (Å²) < 4.78 is 18.5. The second-order valence-corrected chi connectivity index (χ2v) is 7.05. The summed E-state index contributed by atoms with van der Waals surface area (Å²) in [5.74, 6) is -1.25. The van der Waals surface area contributed by atoms with Crippen molar-refractivity contribution in [3.63, 3.8) is 0 Å². The van der Waals surface area contributed by atoms with Crippen LogP contribution in [-0.4, -0.2) is 36.0 Å². The number of nitrogens with one attached hydrogen (secondary N) is 2. The average molecular weight is 419 g/mol.